The van der Waals surface area contributed by atoms with E-state index in [0.717, 1.165) is 5.56 Å². The molecule has 0 saturated carbocycles. The van der Waals surface area contributed by atoms with Crippen molar-refractivity contribution in [1.82, 2.24) is 10.2 Å². The molecule has 7 heteroatoms. The third-order valence-corrected chi connectivity index (χ3v) is 2.92. The molecule has 1 aromatic heterocycles. The van der Waals surface area contributed by atoms with Crippen molar-refractivity contribution in [3.05, 3.63) is 48.2 Å². The van der Waals surface area contributed by atoms with Crippen molar-refractivity contribution in [2.45, 2.75) is 13.0 Å². The van der Waals surface area contributed by atoms with Crippen molar-refractivity contribution in [3.63, 3.8) is 0 Å². The second kappa shape index (κ2) is 8.82. The van der Waals surface area contributed by atoms with Gasteiger partial charge in [-0.1, -0.05) is 12.1 Å². The average molecular weight is 317 g/mol. The largest absolute Gasteiger partial charge is 0.464 e. The van der Waals surface area contributed by atoms with Crippen LogP contribution < -0.4 is 10.5 Å². The van der Waals surface area contributed by atoms with E-state index in [9.17, 15) is 4.79 Å². The summed E-state index contributed by atoms with van der Waals surface area (Å²) < 4.78 is 16.0. The van der Waals surface area contributed by atoms with Gasteiger partial charge in [0.1, 0.15) is 12.4 Å². The summed E-state index contributed by atoms with van der Waals surface area (Å²) in [6.07, 6.45) is 1.14. The van der Waals surface area contributed by atoms with Crippen LogP contribution in [0.1, 0.15) is 18.6 Å². The second-order valence-corrected chi connectivity index (χ2v) is 4.58. The number of aromatic nitrogens is 2. The van der Waals surface area contributed by atoms with Crippen molar-refractivity contribution in [3.8, 4) is 11.6 Å². The first-order chi connectivity index (χ1) is 11.2. The summed E-state index contributed by atoms with van der Waals surface area (Å²) in [6, 6.07) is 10.7. The molecule has 0 saturated heterocycles. The zero-order valence-corrected chi connectivity index (χ0v) is 12.8. The Kier molecular flexibility index (Phi) is 6.46. The molecule has 0 bridgehead atoms. The Morgan fingerprint density at radius 1 is 1.30 bits per heavy atom. The number of nitrogens with zero attached hydrogens (tertiary/aromatic N) is 2. The molecule has 2 N–H and O–H groups in total. The van der Waals surface area contributed by atoms with Gasteiger partial charge in [-0.25, -0.2) is 4.79 Å². The minimum atomic E-state index is -0.426. The Bertz CT molecular complexity index is 622. The van der Waals surface area contributed by atoms with Crippen LogP contribution in [0.2, 0.25) is 0 Å². The first-order valence-electron chi connectivity index (χ1n) is 7.25. The first kappa shape index (κ1) is 16.9. The predicted octanol–water partition coefficient (Wildman–Crippen LogP) is 1.85. The summed E-state index contributed by atoms with van der Waals surface area (Å²) in [5.41, 5.74) is 6.53. The van der Waals surface area contributed by atoms with Gasteiger partial charge in [-0.2, -0.15) is 5.10 Å². The fourth-order valence-corrected chi connectivity index (χ4v) is 1.91. The number of hydrogen-bond donors (Lipinski definition) is 1. The molecule has 2 aromatic rings. The number of benzene rings is 1. The molecule has 0 amide bonds. The first-order valence-corrected chi connectivity index (χ1v) is 7.25. The van der Waals surface area contributed by atoms with Crippen LogP contribution in [-0.4, -0.2) is 35.9 Å². The summed E-state index contributed by atoms with van der Waals surface area (Å²) in [7, 11) is 0. The van der Waals surface area contributed by atoms with Crippen LogP contribution in [0.25, 0.3) is 0 Å². The molecule has 1 unspecified atom stereocenters. The summed E-state index contributed by atoms with van der Waals surface area (Å²) >= 11 is 0. The van der Waals surface area contributed by atoms with Gasteiger partial charge in [0, 0.05) is 18.8 Å². The Morgan fingerprint density at radius 3 is 2.87 bits per heavy atom. The normalized spacial score (nSPS) is 11.7. The second-order valence-electron chi connectivity index (χ2n) is 4.58. The topological polar surface area (TPSA) is 96.6 Å². The van der Waals surface area contributed by atoms with Crippen molar-refractivity contribution >= 4 is 5.97 Å². The van der Waals surface area contributed by atoms with E-state index >= 15 is 0 Å². The van der Waals surface area contributed by atoms with Crippen LogP contribution in [0.5, 0.6) is 11.6 Å². The van der Waals surface area contributed by atoms with E-state index in [1.165, 1.54) is 0 Å². The molecule has 0 aliphatic rings. The number of carbonyl (C=O) groups is 1. The van der Waals surface area contributed by atoms with Gasteiger partial charge in [0.15, 0.2) is 0 Å². The van der Waals surface area contributed by atoms with Gasteiger partial charge >= 0.3 is 5.97 Å². The lowest BCUT2D eigenvalue weighted by molar-refractivity contribution is -0.150. The standard InChI is InChI=1S/C16H19N3O4/c1-2-21-16(20)11-22-14(10-17)12-5-3-6-13(9-12)23-15-7-4-8-18-19-15/h3-9,14H,2,10-11,17H2,1H3. The minimum absolute atomic E-state index is 0.148. The van der Waals surface area contributed by atoms with Crippen LogP contribution in [0, 0.1) is 0 Å². The number of rotatable bonds is 8. The fourth-order valence-electron chi connectivity index (χ4n) is 1.91. The Hall–Kier alpha value is -2.51. The van der Waals surface area contributed by atoms with Crippen molar-refractivity contribution in [2.24, 2.45) is 5.73 Å². The van der Waals surface area contributed by atoms with Gasteiger partial charge in [0.05, 0.1) is 12.7 Å². The van der Waals surface area contributed by atoms with Crippen LogP contribution >= 0.6 is 0 Å². The molecule has 1 aromatic carbocycles. The smallest absolute Gasteiger partial charge is 0.332 e. The van der Waals surface area contributed by atoms with Gasteiger partial charge in [-0.15, -0.1) is 5.10 Å². The van der Waals surface area contributed by atoms with Crippen molar-refractivity contribution < 1.29 is 19.0 Å². The van der Waals surface area contributed by atoms with E-state index in [1.54, 1.807) is 37.4 Å². The average Bonchev–Trinajstić information content (AvgIpc) is 2.57. The third-order valence-electron chi connectivity index (χ3n) is 2.92. The van der Waals surface area contributed by atoms with E-state index in [2.05, 4.69) is 10.2 Å². The summed E-state index contributed by atoms with van der Waals surface area (Å²) in [4.78, 5) is 11.4. The lowest BCUT2D eigenvalue weighted by atomic mass is 10.1. The molecule has 0 aliphatic carbocycles. The molecule has 0 spiro atoms. The van der Waals surface area contributed by atoms with E-state index in [-0.39, 0.29) is 13.2 Å². The highest BCUT2D eigenvalue weighted by Crippen LogP contribution is 2.24. The van der Waals surface area contributed by atoms with E-state index in [1.807, 2.05) is 12.1 Å². The van der Waals surface area contributed by atoms with Crippen LogP contribution in [0.3, 0.4) is 0 Å². The SMILES string of the molecule is CCOC(=O)COC(CN)c1cccc(Oc2cccnn2)c1. The highest BCUT2D eigenvalue weighted by atomic mass is 16.6. The summed E-state index contributed by atoms with van der Waals surface area (Å²) in [5, 5.41) is 7.61. The fraction of sp³-hybridized carbons (Fsp3) is 0.312. The number of esters is 1. The van der Waals surface area contributed by atoms with E-state index in [4.69, 9.17) is 19.9 Å². The molecule has 7 nitrogen and oxygen atoms in total. The lowest BCUT2D eigenvalue weighted by Gasteiger charge is -2.16. The van der Waals surface area contributed by atoms with Gasteiger partial charge in [0.25, 0.3) is 0 Å². The maximum Gasteiger partial charge on any atom is 0.332 e. The van der Waals surface area contributed by atoms with Crippen molar-refractivity contribution in [1.29, 1.82) is 0 Å². The predicted molar refractivity (Wildman–Crippen MR) is 82.9 cm³/mol. The highest BCUT2D eigenvalue weighted by Gasteiger charge is 2.14. The zero-order chi connectivity index (χ0) is 16.5. The lowest BCUT2D eigenvalue weighted by Crippen LogP contribution is -2.21. The number of hydrogen-bond acceptors (Lipinski definition) is 7. The monoisotopic (exact) mass is 317 g/mol. The maximum atomic E-state index is 11.4. The quantitative estimate of drug-likeness (QED) is 0.742. The van der Waals surface area contributed by atoms with Crippen LogP contribution in [0.4, 0.5) is 0 Å². The maximum absolute atomic E-state index is 11.4. The highest BCUT2D eigenvalue weighted by molar-refractivity contribution is 5.70. The molecular formula is C16H19N3O4. The van der Waals surface area contributed by atoms with Crippen molar-refractivity contribution in [2.75, 3.05) is 19.8 Å². The molecule has 0 fully saturated rings. The molecular weight excluding hydrogens is 298 g/mol. The molecule has 1 heterocycles. The van der Waals surface area contributed by atoms with Gasteiger partial charge in [-0.3, -0.25) is 0 Å². The molecule has 23 heavy (non-hydrogen) atoms. The molecule has 122 valence electrons. The Labute approximate surface area is 134 Å². The Morgan fingerprint density at radius 2 is 2.17 bits per heavy atom. The molecule has 1 atom stereocenters. The van der Waals surface area contributed by atoms with Gasteiger partial charge < -0.3 is 19.9 Å². The Balaban J connectivity index is 2.03. The number of nitrogens with two attached hydrogens (primary N) is 1. The number of carbonyl (C=O) groups excluding carboxylic acids is 1. The molecule has 0 aliphatic heterocycles. The molecule has 2 rings (SSSR count). The zero-order valence-electron chi connectivity index (χ0n) is 12.8. The van der Waals surface area contributed by atoms with Crippen LogP contribution in [-0.2, 0) is 14.3 Å². The minimum Gasteiger partial charge on any atom is -0.464 e. The van der Waals surface area contributed by atoms with E-state index in [0.29, 0.717) is 18.2 Å². The van der Waals surface area contributed by atoms with Gasteiger partial charge in [0.2, 0.25) is 5.88 Å². The van der Waals surface area contributed by atoms with Gasteiger partial charge in [-0.05, 0) is 30.7 Å². The number of ether oxygens (including phenoxy) is 3. The third kappa shape index (κ3) is 5.32. The van der Waals surface area contributed by atoms with Crippen LogP contribution in [0.15, 0.2) is 42.6 Å². The summed E-state index contributed by atoms with van der Waals surface area (Å²) in [5.74, 6) is 0.556. The summed E-state index contributed by atoms with van der Waals surface area (Å²) in [6.45, 7) is 2.14. The molecule has 0 radical (unpaired) electrons. The van der Waals surface area contributed by atoms with E-state index < -0.39 is 12.1 Å².